The molecule has 0 bridgehead atoms. The largest absolute Gasteiger partial charge is 0.507 e. The number of Topliss-reactive ketones (excluding diaryl/α,β-unsaturated/α-hetero) is 1. The Hall–Kier alpha value is -4.24. The average Bonchev–Trinajstić information content (AvgIpc) is 3.18. The lowest BCUT2D eigenvalue weighted by molar-refractivity contribution is -0.139. The van der Waals surface area contributed by atoms with E-state index in [0.717, 1.165) is 5.56 Å². The second kappa shape index (κ2) is 11.7. The first kappa shape index (κ1) is 27.8. The number of benzene rings is 3. The van der Waals surface area contributed by atoms with Crippen LogP contribution in [0.4, 0.5) is 4.39 Å². The van der Waals surface area contributed by atoms with Crippen LogP contribution in [0.25, 0.3) is 5.76 Å². The first-order valence-corrected chi connectivity index (χ1v) is 12.5. The fraction of sp³-hybridized carbons (Fsp3) is 0.241. The van der Waals surface area contributed by atoms with Crippen LogP contribution in [-0.4, -0.2) is 54.2 Å². The fourth-order valence-corrected chi connectivity index (χ4v) is 4.76. The van der Waals surface area contributed by atoms with Gasteiger partial charge in [0.2, 0.25) is 0 Å². The summed E-state index contributed by atoms with van der Waals surface area (Å²) < 4.78 is 29.5. The molecule has 0 spiro atoms. The molecule has 4 rings (SSSR count). The number of carbonyl (C=O) groups is 2. The van der Waals surface area contributed by atoms with E-state index in [1.807, 2.05) is 0 Å². The molecule has 1 heterocycles. The molecule has 3 aromatic carbocycles. The van der Waals surface area contributed by atoms with Crippen LogP contribution in [0.3, 0.4) is 0 Å². The maximum absolute atomic E-state index is 13.4. The molecule has 8 nitrogen and oxygen atoms in total. The van der Waals surface area contributed by atoms with E-state index in [-0.39, 0.29) is 52.4 Å². The summed E-state index contributed by atoms with van der Waals surface area (Å²) in [5, 5.41) is 21.9. The minimum atomic E-state index is -1.03. The van der Waals surface area contributed by atoms with E-state index < -0.39 is 23.5 Å². The summed E-state index contributed by atoms with van der Waals surface area (Å²) in [6, 6.07) is 12.1. The van der Waals surface area contributed by atoms with Crippen molar-refractivity contribution in [2.75, 3.05) is 27.4 Å². The molecule has 39 heavy (non-hydrogen) atoms. The van der Waals surface area contributed by atoms with E-state index in [9.17, 15) is 24.2 Å². The number of nitrogens with zero attached hydrogens (tertiary/aromatic N) is 1. The van der Waals surface area contributed by atoms with Crippen LogP contribution in [0.5, 0.6) is 23.0 Å². The number of hydrogen-bond acceptors (Lipinski definition) is 7. The molecule has 1 saturated heterocycles. The summed E-state index contributed by atoms with van der Waals surface area (Å²) >= 11 is 6.31. The van der Waals surface area contributed by atoms with E-state index in [4.69, 9.17) is 25.8 Å². The summed E-state index contributed by atoms with van der Waals surface area (Å²) in [6.45, 7) is 2.10. The zero-order chi connectivity index (χ0) is 28.3. The highest BCUT2D eigenvalue weighted by molar-refractivity contribution is 6.46. The summed E-state index contributed by atoms with van der Waals surface area (Å²) in [4.78, 5) is 28.1. The number of halogens is 2. The van der Waals surface area contributed by atoms with Gasteiger partial charge in [0.05, 0.1) is 43.0 Å². The lowest BCUT2D eigenvalue weighted by Gasteiger charge is -2.26. The quantitative estimate of drug-likeness (QED) is 0.211. The Morgan fingerprint density at radius 1 is 1.00 bits per heavy atom. The van der Waals surface area contributed by atoms with Crippen LogP contribution < -0.4 is 14.2 Å². The molecule has 10 heteroatoms. The first-order chi connectivity index (χ1) is 18.7. The predicted molar refractivity (Wildman–Crippen MR) is 143 cm³/mol. The minimum absolute atomic E-state index is 0.0863. The number of likely N-dealkylation sites (tertiary alicyclic amines) is 1. The number of ether oxygens (including phenoxy) is 3. The molecule has 1 fully saturated rings. The van der Waals surface area contributed by atoms with Crippen LogP contribution in [0.15, 0.2) is 60.2 Å². The monoisotopic (exact) mass is 555 g/mol. The number of ketones is 1. The molecule has 0 saturated carbocycles. The Balaban J connectivity index is 1.87. The zero-order valence-electron chi connectivity index (χ0n) is 21.5. The Bertz CT molecular complexity index is 1440. The minimum Gasteiger partial charge on any atom is -0.507 e. The number of methoxy groups -OCH3 is 2. The van der Waals surface area contributed by atoms with Crippen LogP contribution in [0, 0.1) is 5.82 Å². The average molecular weight is 556 g/mol. The van der Waals surface area contributed by atoms with Gasteiger partial charge in [-0.2, -0.15) is 0 Å². The smallest absolute Gasteiger partial charge is 0.295 e. The van der Waals surface area contributed by atoms with Crippen LogP contribution in [0.2, 0.25) is 5.02 Å². The van der Waals surface area contributed by atoms with Crippen LogP contribution in [0.1, 0.15) is 29.7 Å². The van der Waals surface area contributed by atoms with E-state index in [2.05, 4.69) is 0 Å². The van der Waals surface area contributed by atoms with Crippen molar-refractivity contribution >= 4 is 29.1 Å². The molecule has 0 radical (unpaired) electrons. The van der Waals surface area contributed by atoms with Gasteiger partial charge < -0.3 is 29.3 Å². The maximum atomic E-state index is 13.4. The van der Waals surface area contributed by atoms with Gasteiger partial charge in [0.15, 0.2) is 11.5 Å². The van der Waals surface area contributed by atoms with Crippen molar-refractivity contribution in [2.45, 2.75) is 19.4 Å². The number of carbonyl (C=O) groups excluding carboxylic acids is 2. The van der Waals surface area contributed by atoms with Gasteiger partial charge >= 0.3 is 0 Å². The van der Waals surface area contributed by atoms with Crippen molar-refractivity contribution in [3.8, 4) is 23.0 Å². The second-order valence-corrected chi connectivity index (χ2v) is 9.12. The second-order valence-electron chi connectivity index (χ2n) is 8.72. The molecule has 1 amide bonds. The number of aliphatic hydroxyl groups excluding tert-OH is 1. The highest BCUT2D eigenvalue weighted by Gasteiger charge is 2.46. The third-order valence-electron chi connectivity index (χ3n) is 6.42. The van der Waals surface area contributed by atoms with Crippen molar-refractivity contribution < 1.29 is 38.4 Å². The third kappa shape index (κ3) is 5.49. The van der Waals surface area contributed by atoms with Gasteiger partial charge in [0.25, 0.3) is 11.7 Å². The van der Waals surface area contributed by atoms with Gasteiger partial charge in [-0.15, -0.1) is 0 Å². The van der Waals surface area contributed by atoms with Crippen LogP contribution >= 0.6 is 11.6 Å². The number of phenolic OH excluding ortho intramolecular Hbond substituents is 1. The molecule has 3 aromatic rings. The van der Waals surface area contributed by atoms with Crippen molar-refractivity contribution in [3.63, 3.8) is 0 Å². The number of amides is 1. The van der Waals surface area contributed by atoms with Crippen molar-refractivity contribution in [1.29, 1.82) is 0 Å². The molecule has 1 aliphatic rings. The summed E-state index contributed by atoms with van der Waals surface area (Å²) in [7, 11) is 2.81. The van der Waals surface area contributed by atoms with Gasteiger partial charge in [0, 0.05) is 12.6 Å². The van der Waals surface area contributed by atoms with Gasteiger partial charge in [-0.1, -0.05) is 29.8 Å². The maximum Gasteiger partial charge on any atom is 0.295 e. The molecular weight excluding hydrogens is 529 g/mol. The van der Waals surface area contributed by atoms with Crippen molar-refractivity contribution in [1.82, 2.24) is 4.90 Å². The Morgan fingerprint density at radius 2 is 1.69 bits per heavy atom. The number of rotatable bonds is 9. The Morgan fingerprint density at radius 3 is 2.33 bits per heavy atom. The molecular formula is C29H27ClFNO7. The normalized spacial score (nSPS) is 16.4. The number of aromatic hydroxyl groups is 1. The fourth-order valence-electron chi connectivity index (χ4n) is 4.52. The highest BCUT2D eigenvalue weighted by Crippen LogP contribution is 2.44. The van der Waals surface area contributed by atoms with Gasteiger partial charge in [-0.05, 0) is 54.8 Å². The molecule has 0 aliphatic carbocycles. The topological polar surface area (TPSA) is 106 Å². The Kier molecular flexibility index (Phi) is 8.30. The molecule has 2 N–H and O–H groups in total. The van der Waals surface area contributed by atoms with Crippen molar-refractivity contribution in [2.24, 2.45) is 0 Å². The van der Waals surface area contributed by atoms with E-state index >= 15 is 0 Å². The number of phenols is 1. The third-order valence-corrected chi connectivity index (χ3v) is 6.72. The van der Waals surface area contributed by atoms with Crippen LogP contribution in [-0.2, 0) is 16.0 Å². The molecule has 1 atom stereocenters. The Labute approximate surface area is 229 Å². The lowest BCUT2D eigenvalue weighted by atomic mass is 9.94. The van der Waals surface area contributed by atoms with E-state index in [0.29, 0.717) is 17.7 Å². The van der Waals surface area contributed by atoms with Gasteiger partial charge in [-0.3, -0.25) is 9.59 Å². The number of hydrogen-bond donors (Lipinski definition) is 2. The van der Waals surface area contributed by atoms with Gasteiger partial charge in [-0.25, -0.2) is 4.39 Å². The SMILES string of the molecule is CCOc1cc(C2/C(=C(\O)c3cc(Cl)c(OC)cc3OC)C(=O)C(=O)N2CCc2ccc(F)cc2)ccc1O. The standard InChI is InChI=1S/C29H27ClFNO7/c1-4-39-24-13-17(7-10-21(24)33)26-25(27(34)19-14-20(30)23(38-3)15-22(19)37-2)28(35)29(36)32(26)12-11-16-5-8-18(31)9-6-16/h5-10,13-15,26,33-34H,4,11-12H2,1-3H3/b27-25+. The van der Waals surface area contributed by atoms with Gasteiger partial charge in [0.1, 0.15) is 23.1 Å². The summed E-state index contributed by atoms with van der Waals surface area (Å²) in [6.07, 6.45) is 0.317. The van der Waals surface area contributed by atoms with E-state index in [1.54, 1.807) is 25.1 Å². The molecule has 1 unspecified atom stereocenters. The molecule has 1 aliphatic heterocycles. The molecule has 204 valence electrons. The number of aliphatic hydroxyl groups is 1. The zero-order valence-corrected chi connectivity index (χ0v) is 22.3. The molecule has 0 aromatic heterocycles. The highest BCUT2D eigenvalue weighted by atomic mass is 35.5. The summed E-state index contributed by atoms with van der Waals surface area (Å²) in [5.41, 5.74) is 1.08. The first-order valence-electron chi connectivity index (χ1n) is 12.1. The summed E-state index contributed by atoms with van der Waals surface area (Å²) in [5.74, 6) is -2.11. The lowest BCUT2D eigenvalue weighted by Crippen LogP contribution is -2.31. The predicted octanol–water partition coefficient (Wildman–Crippen LogP) is 5.27. The van der Waals surface area contributed by atoms with E-state index in [1.165, 1.54) is 55.5 Å². The van der Waals surface area contributed by atoms with Crippen molar-refractivity contribution in [3.05, 3.63) is 87.7 Å².